The minimum absolute atomic E-state index is 0. The highest BCUT2D eigenvalue weighted by molar-refractivity contribution is 5.85. The van der Waals surface area contributed by atoms with Gasteiger partial charge in [-0.2, -0.15) is 0 Å². The van der Waals surface area contributed by atoms with E-state index >= 15 is 0 Å². The molecule has 5 heteroatoms. The van der Waals surface area contributed by atoms with E-state index in [-0.39, 0.29) is 29.9 Å². The van der Waals surface area contributed by atoms with Crippen LogP contribution in [0.5, 0.6) is 0 Å². The molecule has 0 aromatic heterocycles. The summed E-state index contributed by atoms with van der Waals surface area (Å²) in [7, 11) is 1.85. The van der Waals surface area contributed by atoms with Gasteiger partial charge in [0.25, 0.3) is 0 Å². The molecule has 1 saturated heterocycles. The number of nitrogens with zero attached hydrogens (tertiary/aromatic N) is 1. The third-order valence-corrected chi connectivity index (χ3v) is 1.94. The first-order valence-electron chi connectivity index (χ1n) is 4.57. The number of hydrazine groups is 1. The number of hydrogen-bond acceptors (Lipinski definition) is 4. The predicted molar refractivity (Wildman–Crippen MR) is 57.2 cm³/mol. The minimum atomic E-state index is -0.364. The van der Waals surface area contributed by atoms with Crippen LogP contribution in [0.15, 0.2) is 0 Å². The third kappa shape index (κ3) is 3.82. The Morgan fingerprint density at radius 1 is 1.43 bits per heavy atom. The summed E-state index contributed by atoms with van der Waals surface area (Å²) in [5.41, 5.74) is 2.61. The molecule has 1 aliphatic rings. The number of rotatable bonds is 2. The van der Waals surface area contributed by atoms with Crippen LogP contribution in [0.25, 0.3) is 0 Å². The van der Waals surface area contributed by atoms with Gasteiger partial charge in [0, 0.05) is 13.1 Å². The molecular formula is C9H19ClN2O2. The molecule has 1 fully saturated rings. The summed E-state index contributed by atoms with van der Waals surface area (Å²) in [4.78, 5) is 11.4. The van der Waals surface area contributed by atoms with Crippen LogP contribution in [0.1, 0.15) is 20.8 Å². The van der Waals surface area contributed by atoms with Crippen molar-refractivity contribution in [1.82, 2.24) is 10.4 Å². The molecule has 1 rings (SSSR count). The van der Waals surface area contributed by atoms with E-state index in [1.807, 2.05) is 32.8 Å². The summed E-state index contributed by atoms with van der Waals surface area (Å²) in [5, 5.41) is 1.98. The van der Waals surface area contributed by atoms with Crippen LogP contribution in [0.3, 0.4) is 0 Å². The van der Waals surface area contributed by atoms with Crippen LogP contribution in [0, 0.1) is 5.92 Å². The van der Waals surface area contributed by atoms with E-state index in [1.165, 1.54) is 0 Å². The molecule has 0 aliphatic carbocycles. The van der Waals surface area contributed by atoms with Gasteiger partial charge in [-0.05, 0) is 27.8 Å². The van der Waals surface area contributed by atoms with E-state index in [1.54, 1.807) is 0 Å². The fraction of sp³-hybridized carbons (Fsp3) is 0.889. The number of esters is 1. The molecule has 0 radical (unpaired) electrons. The quantitative estimate of drug-likeness (QED) is 0.703. The lowest BCUT2D eigenvalue weighted by atomic mass is 10.0. The average Bonchev–Trinajstić information content (AvgIpc) is 1.79. The standard InChI is InChI=1S/C9H18N2O2.ClH/c1-9(2,3)13-8(12)7-5-11(6-7)10-4;/h7,10H,5-6H2,1-4H3;1H. The smallest absolute Gasteiger partial charge is 0.312 e. The zero-order chi connectivity index (χ0) is 10.1. The number of carbonyl (C=O) groups is 1. The van der Waals surface area contributed by atoms with E-state index in [0.29, 0.717) is 0 Å². The van der Waals surface area contributed by atoms with Gasteiger partial charge in [-0.15, -0.1) is 12.4 Å². The number of carbonyl (C=O) groups excluding carboxylic acids is 1. The number of halogens is 1. The molecular weight excluding hydrogens is 204 g/mol. The second-order valence-corrected chi connectivity index (χ2v) is 4.36. The van der Waals surface area contributed by atoms with Crippen molar-refractivity contribution in [2.24, 2.45) is 5.92 Å². The van der Waals surface area contributed by atoms with Crippen molar-refractivity contribution < 1.29 is 9.53 Å². The number of hydrogen-bond donors (Lipinski definition) is 1. The van der Waals surface area contributed by atoms with Gasteiger partial charge in [-0.1, -0.05) is 0 Å². The lowest BCUT2D eigenvalue weighted by Gasteiger charge is -2.37. The van der Waals surface area contributed by atoms with Crippen LogP contribution in [-0.4, -0.2) is 36.7 Å². The summed E-state index contributed by atoms with van der Waals surface area (Å²) < 4.78 is 5.24. The second kappa shape index (κ2) is 4.96. The van der Waals surface area contributed by atoms with Crippen molar-refractivity contribution in [3.8, 4) is 0 Å². The zero-order valence-corrected chi connectivity index (χ0v) is 9.98. The highest BCUT2D eigenvalue weighted by atomic mass is 35.5. The van der Waals surface area contributed by atoms with Crippen molar-refractivity contribution in [3.63, 3.8) is 0 Å². The summed E-state index contributed by atoms with van der Waals surface area (Å²) in [6.07, 6.45) is 0. The Kier molecular flexibility index (Phi) is 4.84. The van der Waals surface area contributed by atoms with E-state index in [2.05, 4.69) is 5.43 Å². The van der Waals surface area contributed by atoms with Crippen molar-refractivity contribution in [2.45, 2.75) is 26.4 Å². The molecule has 0 unspecified atom stereocenters. The molecule has 4 nitrogen and oxygen atoms in total. The summed E-state index contributed by atoms with van der Waals surface area (Å²) in [6, 6.07) is 0. The van der Waals surface area contributed by atoms with Crippen molar-refractivity contribution >= 4 is 18.4 Å². The highest BCUT2D eigenvalue weighted by Gasteiger charge is 2.34. The summed E-state index contributed by atoms with van der Waals surface area (Å²) in [6.45, 7) is 7.18. The van der Waals surface area contributed by atoms with Gasteiger partial charge < -0.3 is 4.74 Å². The average molecular weight is 223 g/mol. The third-order valence-electron chi connectivity index (χ3n) is 1.94. The SMILES string of the molecule is CNN1CC(C(=O)OC(C)(C)C)C1.Cl. The molecule has 14 heavy (non-hydrogen) atoms. The molecule has 0 aromatic carbocycles. The van der Waals surface area contributed by atoms with Crippen LogP contribution >= 0.6 is 12.4 Å². The van der Waals surface area contributed by atoms with E-state index < -0.39 is 0 Å². The van der Waals surface area contributed by atoms with Crippen molar-refractivity contribution in [1.29, 1.82) is 0 Å². The Balaban J connectivity index is 0.00000169. The molecule has 0 amide bonds. The first kappa shape index (κ1) is 13.7. The highest BCUT2D eigenvalue weighted by Crippen LogP contribution is 2.18. The number of nitrogens with one attached hydrogen (secondary N) is 1. The Hall–Kier alpha value is -0.320. The van der Waals surface area contributed by atoms with Gasteiger partial charge in [0.05, 0.1) is 5.92 Å². The van der Waals surface area contributed by atoms with Gasteiger partial charge >= 0.3 is 5.97 Å². The van der Waals surface area contributed by atoms with Crippen molar-refractivity contribution in [3.05, 3.63) is 0 Å². The fourth-order valence-electron chi connectivity index (χ4n) is 1.20. The van der Waals surface area contributed by atoms with E-state index in [9.17, 15) is 4.79 Å². The first-order chi connectivity index (χ1) is 5.92. The van der Waals surface area contributed by atoms with Gasteiger partial charge in [-0.25, -0.2) is 5.01 Å². The van der Waals surface area contributed by atoms with Gasteiger partial charge in [-0.3, -0.25) is 10.2 Å². The van der Waals surface area contributed by atoms with Crippen LogP contribution in [0.2, 0.25) is 0 Å². The van der Waals surface area contributed by atoms with Gasteiger partial charge in [0.1, 0.15) is 5.60 Å². The largest absolute Gasteiger partial charge is 0.460 e. The first-order valence-corrected chi connectivity index (χ1v) is 4.57. The van der Waals surface area contributed by atoms with Crippen LogP contribution in [-0.2, 0) is 9.53 Å². The van der Waals surface area contributed by atoms with E-state index in [0.717, 1.165) is 13.1 Å². The molecule has 0 spiro atoms. The van der Waals surface area contributed by atoms with Crippen LogP contribution in [0.4, 0.5) is 0 Å². The van der Waals surface area contributed by atoms with E-state index in [4.69, 9.17) is 4.74 Å². The van der Waals surface area contributed by atoms with Gasteiger partial charge in [0.15, 0.2) is 0 Å². The zero-order valence-electron chi connectivity index (χ0n) is 9.16. The Labute approximate surface area is 91.4 Å². The molecule has 0 saturated carbocycles. The normalized spacial score (nSPS) is 18.3. The Morgan fingerprint density at radius 2 is 1.93 bits per heavy atom. The Morgan fingerprint density at radius 3 is 2.29 bits per heavy atom. The lowest BCUT2D eigenvalue weighted by molar-refractivity contribution is -0.167. The Bertz CT molecular complexity index is 197. The molecule has 0 bridgehead atoms. The summed E-state index contributed by atoms with van der Waals surface area (Å²) in [5.74, 6) is -0.0364. The maximum atomic E-state index is 11.4. The molecule has 1 aliphatic heterocycles. The molecule has 1 heterocycles. The number of ether oxygens (including phenoxy) is 1. The predicted octanol–water partition coefficient (Wildman–Crippen LogP) is 0.816. The topological polar surface area (TPSA) is 41.6 Å². The van der Waals surface area contributed by atoms with Crippen LogP contribution < -0.4 is 5.43 Å². The molecule has 84 valence electrons. The van der Waals surface area contributed by atoms with Gasteiger partial charge in [0.2, 0.25) is 0 Å². The maximum Gasteiger partial charge on any atom is 0.312 e. The molecule has 1 N–H and O–H groups in total. The van der Waals surface area contributed by atoms with Crippen molar-refractivity contribution in [2.75, 3.05) is 20.1 Å². The summed E-state index contributed by atoms with van der Waals surface area (Å²) >= 11 is 0. The minimum Gasteiger partial charge on any atom is -0.460 e. The molecule has 0 atom stereocenters. The maximum absolute atomic E-state index is 11.4. The fourth-order valence-corrected chi connectivity index (χ4v) is 1.20. The second-order valence-electron chi connectivity index (χ2n) is 4.36. The lowest BCUT2D eigenvalue weighted by Crippen LogP contribution is -2.56. The molecule has 0 aromatic rings. The monoisotopic (exact) mass is 222 g/mol.